The Morgan fingerprint density at radius 3 is 1.00 bits per heavy atom. The maximum Gasteiger partial charge on any atom is 0.324 e. The minimum atomic E-state index is -2.62. The van der Waals surface area contributed by atoms with Crippen LogP contribution in [-0.4, -0.2) is 52.4 Å². The Balaban J connectivity index is -0.0000000450. The summed E-state index contributed by atoms with van der Waals surface area (Å²) in [4.78, 5) is 21.7. The fraction of sp³-hybridized carbons (Fsp3) is 0. The van der Waals surface area contributed by atoms with Crippen molar-refractivity contribution in [3.63, 3.8) is 0 Å². The van der Waals surface area contributed by atoms with Gasteiger partial charge < -0.3 is 14.7 Å². The molecule has 0 fully saturated rings. The van der Waals surface area contributed by atoms with Crippen molar-refractivity contribution in [3.05, 3.63) is 0 Å². The fourth-order valence-electron chi connectivity index (χ4n) is 0. The van der Waals surface area contributed by atoms with Crippen LogP contribution < -0.4 is 0 Å². The number of hydrogen-bond donors (Lipinski definition) is 3. The number of rotatable bonds is 0. The van der Waals surface area contributed by atoms with Crippen molar-refractivity contribution in [2.75, 3.05) is 0 Å². The average molecular weight is 187 g/mol. The van der Waals surface area contributed by atoms with Gasteiger partial charge in [-0.15, -0.1) is 0 Å². The molecule has 3 N–H and O–H groups in total. The SMILES string of the molecule is OP(O)O.[Ca].[Zn]. The van der Waals surface area contributed by atoms with E-state index in [0.29, 0.717) is 0 Å². The second-order valence-electron chi connectivity index (χ2n) is 0.268. The summed E-state index contributed by atoms with van der Waals surface area (Å²) in [6.45, 7) is 0. The van der Waals surface area contributed by atoms with E-state index < -0.39 is 8.60 Å². The monoisotopic (exact) mass is 186 g/mol. The Labute approximate surface area is 79.5 Å². The summed E-state index contributed by atoms with van der Waals surface area (Å²) in [6.07, 6.45) is 0. The van der Waals surface area contributed by atoms with Gasteiger partial charge in [-0.2, -0.15) is 0 Å². The molecule has 6 heavy (non-hydrogen) atoms. The first-order chi connectivity index (χ1) is 1.73. The molecular weight excluding hydrogens is 184 g/mol. The van der Waals surface area contributed by atoms with E-state index >= 15 is 0 Å². The predicted molar refractivity (Wildman–Crippen MR) is 19.3 cm³/mol. The molecule has 0 aliphatic heterocycles. The van der Waals surface area contributed by atoms with Gasteiger partial charge in [0, 0.05) is 57.2 Å². The van der Waals surface area contributed by atoms with E-state index in [-0.39, 0.29) is 57.2 Å². The molecule has 0 amide bonds. The van der Waals surface area contributed by atoms with Crippen molar-refractivity contribution < 1.29 is 34.2 Å². The molecule has 0 spiro atoms. The molecule has 2 radical (unpaired) electrons. The van der Waals surface area contributed by atoms with Crippen molar-refractivity contribution in [2.45, 2.75) is 0 Å². The second kappa shape index (κ2) is 10.2. The van der Waals surface area contributed by atoms with Crippen LogP contribution in [0.15, 0.2) is 0 Å². The molecule has 0 aromatic rings. The van der Waals surface area contributed by atoms with Gasteiger partial charge in [0.05, 0.1) is 0 Å². The van der Waals surface area contributed by atoms with Gasteiger partial charge >= 0.3 is 8.60 Å². The molecule has 0 heterocycles. The average Bonchev–Trinajstić information content (AvgIpc) is 0.811. The Morgan fingerprint density at radius 2 is 1.00 bits per heavy atom. The van der Waals surface area contributed by atoms with E-state index in [4.69, 9.17) is 14.7 Å². The van der Waals surface area contributed by atoms with E-state index in [1.807, 2.05) is 0 Å². The van der Waals surface area contributed by atoms with Crippen LogP contribution >= 0.6 is 8.60 Å². The molecule has 0 aromatic heterocycles. The molecule has 6 heteroatoms. The van der Waals surface area contributed by atoms with Crippen LogP contribution in [-0.2, 0) is 19.5 Å². The maximum atomic E-state index is 7.23. The van der Waals surface area contributed by atoms with Crippen molar-refractivity contribution >= 4 is 46.3 Å². The van der Waals surface area contributed by atoms with Crippen molar-refractivity contribution in [2.24, 2.45) is 0 Å². The fourth-order valence-corrected chi connectivity index (χ4v) is 0. The van der Waals surface area contributed by atoms with Crippen molar-refractivity contribution in [1.82, 2.24) is 0 Å². The molecule has 0 aliphatic rings. The van der Waals surface area contributed by atoms with Gasteiger partial charge in [0.1, 0.15) is 0 Å². The summed E-state index contributed by atoms with van der Waals surface area (Å²) in [5.74, 6) is 0. The van der Waals surface area contributed by atoms with Gasteiger partial charge in [-0.05, 0) is 0 Å². The van der Waals surface area contributed by atoms with Gasteiger partial charge in [-0.25, -0.2) is 0 Å². The summed E-state index contributed by atoms with van der Waals surface area (Å²) in [6, 6.07) is 0. The summed E-state index contributed by atoms with van der Waals surface area (Å²) in [7, 11) is -2.62. The molecule has 0 atom stereocenters. The first-order valence-corrected chi connectivity index (χ1v) is 1.80. The summed E-state index contributed by atoms with van der Waals surface area (Å²) >= 11 is 0. The standard InChI is InChI=1S/Ca.H3O3P.Zn/c;1-4(2)3;/h;1-3H;. The van der Waals surface area contributed by atoms with Crippen LogP contribution in [0.5, 0.6) is 0 Å². The second-order valence-corrected chi connectivity index (χ2v) is 0.805. The van der Waals surface area contributed by atoms with Gasteiger partial charge in [0.25, 0.3) is 0 Å². The number of hydrogen-bond acceptors (Lipinski definition) is 3. The van der Waals surface area contributed by atoms with Crippen LogP contribution in [0.2, 0.25) is 0 Å². The van der Waals surface area contributed by atoms with Gasteiger partial charge in [-0.1, -0.05) is 0 Å². The molecule has 0 unspecified atom stereocenters. The van der Waals surface area contributed by atoms with Crippen LogP contribution in [0.25, 0.3) is 0 Å². The molecule has 3 nitrogen and oxygen atoms in total. The Bertz CT molecular complexity index is 15.5. The van der Waals surface area contributed by atoms with E-state index in [1.165, 1.54) is 0 Å². The molecular formula is H3CaO3PZn. The quantitative estimate of drug-likeness (QED) is 0.330. The Hall–Kier alpha value is 2.19. The smallest absolute Gasteiger partial charge is 0.324 e. The molecule has 0 bridgehead atoms. The first-order valence-electron chi connectivity index (χ1n) is 0.600. The van der Waals surface area contributed by atoms with Crippen LogP contribution in [0, 0.1) is 0 Å². The van der Waals surface area contributed by atoms with Gasteiger partial charge in [0.2, 0.25) is 0 Å². The molecule has 30 valence electrons. The van der Waals surface area contributed by atoms with E-state index in [1.54, 1.807) is 0 Å². The zero-order valence-electron chi connectivity index (χ0n) is 3.20. The largest absolute Gasteiger partial charge is 0.328 e. The Kier molecular flexibility index (Phi) is 26.8. The topological polar surface area (TPSA) is 60.7 Å². The zero-order valence-corrected chi connectivity index (χ0v) is 9.27. The molecule has 0 aliphatic carbocycles. The molecule has 0 saturated carbocycles. The zero-order chi connectivity index (χ0) is 3.58. The first kappa shape index (κ1) is 15.7. The van der Waals surface area contributed by atoms with E-state index in [9.17, 15) is 0 Å². The van der Waals surface area contributed by atoms with Crippen molar-refractivity contribution in [1.29, 1.82) is 0 Å². The summed E-state index contributed by atoms with van der Waals surface area (Å²) in [5.41, 5.74) is 0. The van der Waals surface area contributed by atoms with Crippen LogP contribution in [0.3, 0.4) is 0 Å². The van der Waals surface area contributed by atoms with Crippen LogP contribution in [0.1, 0.15) is 0 Å². The van der Waals surface area contributed by atoms with Gasteiger partial charge in [-0.3, -0.25) is 0 Å². The molecule has 0 aromatic carbocycles. The third-order valence-corrected chi connectivity index (χ3v) is 0. The predicted octanol–water partition coefficient (Wildman–Crippen LogP) is -1.19. The third-order valence-electron chi connectivity index (χ3n) is 0. The van der Waals surface area contributed by atoms with Gasteiger partial charge in [0.15, 0.2) is 0 Å². The third kappa shape index (κ3) is 34.7. The minimum absolute atomic E-state index is 0. The molecule has 0 saturated heterocycles. The molecule has 0 rings (SSSR count). The van der Waals surface area contributed by atoms with Crippen LogP contribution in [0.4, 0.5) is 0 Å². The van der Waals surface area contributed by atoms with E-state index in [0.717, 1.165) is 0 Å². The maximum absolute atomic E-state index is 7.23. The van der Waals surface area contributed by atoms with Crippen molar-refractivity contribution in [3.8, 4) is 0 Å². The Morgan fingerprint density at radius 1 is 1.00 bits per heavy atom. The summed E-state index contributed by atoms with van der Waals surface area (Å²) in [5, 5.41) is 0. The minimum Gasteiger partial charge on any atom is -0.328 e. The summed E-state index contributed by atoms with van der Waals surface area (Å²) < 4.78 is 0. The normalized spacial score (nSPS) is 6.00. The van der Waals surface area contributed by atoms with E-state index in [2.05, 4.69) is 0 Å².